The van der Waals surface area contributed by atoms with Crippen LogP contribution in [-0.4, -0.2) is 42.4 Å². The minimum atomic E-state index is -0.610. The fourth-order valence-corrected chi connectivity index (χ4v) is 4.83. The van der Waals surface area contributed by atoms with Gasteiger partial charge in [-0.2, -0.15) is 0 Å². The van der Waals surface area contributed by atoms with Crippen molar-refractivity contribution in [1.29, 1.82) is 0 Å². The number of nitrogens with one attached hydrogen (secondary N) is 1. The number of fused-ring (bicyclic) bond motifs is 3. The molecule has 2 aliphatic rings. The van der Waals surface area contributed by atoms with Crippen LogP contribution in [0.1, 0.15) is 0 Å². The zero-order valence-corrected chi connectivity index (χ0v) is 15.1. The third-order valence-corrected chi connectivity index (χ3v) is 6.15. The van der Waals surface area contributed by atoms with E-state index >= 15 is 0 Å². The summed E-state index contributed by atoms with van der Waals surface area (Å²) in [6.07, 6.45) is 1.47. The second kappa shape index (κ2) is 6.78. The SMILES string of the molecule is Fc1ccc(-c2csc3c(OC4C5CNCC4COC5)ncnc23)c(F)c1. The van der Waals surface area contributed by atoms with Crippen molar-refractivity contribution < 1.29 is 18.3 Å². The van der Waals surface area contributed by atoms with Gasteiger partial charge in [0.15, 0.2) is 0 Å². The second-order valence-electron chi connectivity index (χ2n) is 6.93. The van der Waals surface area contributed by atoms with Gasteiger partial charge >= 0.3 is 0 Å². The molecule has 1 aromatic carbocycles. The van der Waals surface area contributed by atoms with Crippen molar-refractivity contribution in [3.05, 3.63) is 41.5 Å². The molecule has 2 saturated heterocycles. The molecule has 0 saturated carbocycles. The third-order valence-electron chi connectivity index (χ3n) is 5.20. The molecule has 2 bridgehead atoms. The van der Waals surface area contributed by atoms with E-state index in [0.29, 0.717) is 35.7 Å². The number of rotatable bonds is 3. The Hall–Kier alpha value is -2.16. The number of nitrogens with zero attached hydrogens (tertiary/aromatic N) is 2. The lowest BCUT2D eigenvalue weighted by atomic mass is 9.86. The smallest absolute Gasteiger partial charge is 0.235 e. The van der Waals surface area contributed by atoms with E-state index in [2.05, 4.69) is 15.3 Å². The highest BCUT2D eigenvalue weighted by Crippen LogP contribution is 2.39. The molecule has 2 aromatic heterocycles. The Kier molecular flexibility index (Phi) is 4.26. The van der Waals surface area contributed by atoms with Crippen LogP contribution in [0, 0.1) is 23.5 Å². The molecule has 1 N–H and O–H groups in total. The standard InChI is InChI=1S/C19H17F2N3O2S/c20-12-1-2-13(15(21)3-12)14-8-27-18-16(14)23-9-24-19(18)26-17-10-4-22-5-11(17)7-25-6-10/h1-3,8-11,17,22H,4-7H2. The maximum absolute atomic E-state index is 14.2. The molecule has 5 rings (SSSR count). The number of halogens is 2. The fourth-order valence-electron chi connectivity index (χ4n) is 3.88. The summed E-state index contributed by atoms with van der Waals surface area (Å²) in [6, 6.07) is 3.56. The average Bonchev–Trinajstić information content (AvgIpc) is 3.06. The molecule has 2 fully saturated rings. The van der Waals surface area contributed by atoms with Crippen molar-refractivity contribution in [3.63, 3.8) is 0 Å². The first kappa shape index (κ1) is 17.0. The van der Waals surface area contributed by atoms with Crippen LogP contribution in [0.2, 0.25) is 0 Å². The third kappa shape index (κ3) is 2.97. The van der Waals surface area contributed by atoms with Crippen LogP contribution in [0.15, 0.2) is 29.9 Å². The van der Waals surface area contributed by atoms with Gasteiger partial charge < -0.3 is 14.8 Å². The summed E-state index contributed by atoms with van der Waals surface area (Å²) >= 11 is 1.41. The maximum atomic E-state index is 14.2. The number of thiophene rings is 1. The van der Waals surface area contributed by atoms with Gasteiger partial charge in [0.1, 0.15) is 28.8 Å². The van der Waals surface area contributed by atoms with E-state index < -0.39 is 11.6 Å². The van der Waals surface area contributed by atoms with Gasteiger partial charge in [-0.15, -0.1) is 11.3 Å². The van der Waals surface area contributed by atoms with Crippen molar-refractivity contribution in [1.82, 2.24) is 15.3 Å². The quantitative estimate of drug-likeness (QED) is 0.745. The van der Waals surface area contributed by atoms with E-state index in [1.165, 1.54) is 29.8 Å². The lowest BCUT2D eigenvalue weighted by molar-refractivity contribution is -0.0828. The van der Waals surface area contributed by atoms with Gasteiger partial charge in [0, 0.05) is 47.5 Å². The largest absolute Gasteiger partial charge is 0.472 e. The number of piperidine rings is 1. The topological polar surface area (TPSA) is 56.3 Å². The predicted molar refractivity (Wildman–Crippen MR) is 97.9 cm³/mol. The fraction of sp³-hybridized carbons (Fsp3) is 0.368. The molecule has 3 aromatic rings. The minimum absolute atomic E-state index is 0.0335. The Bertz CT molecular complexity index is 974. The summed E-state index contributed by atoms with van der Waals surface area (Å²) in [7, 11) is 0. The molecule has 4 heterocycles. The monoisotopic (exact) mass is 389 g/mol. The number of aromatic nitrogens is 2. The molecule has 2 aliphatic heterocycles. The number of hydrogen-bond acceptors (Lipinski definition) is 6. The Balaban J connectivity index is 1.52. The first-order valence-corrected chi connectivity index (χ1v) is 9.71. The average molecular weight is 389 g/mol. The van der Waals surface area contributed by atoms with Crippen LogP contribution >= 0.6 is 11.3 Å². The molecule has 0 amide bonds. The molecule has 0 aliphatic carbocycles. The van der Waals surface area contributed by atoms with Gasteiger partial charge in [-0.3, -0.25) is 0 Å². The highest BCUT2D eigenvalue weighted by atomic mass is 32.1. The summed E-state index contributed by atoms with van der Waals surface area (Å²) < 4.78 is 40.2. The van der Waals surface area contributed by atoms with Crippen molar-refractivity contribution in [2.24, 2.45) is 11.8 Å². The minimum Gasteiger partial charge on any atom is -0.472 e. The number of hydrogen-bond donors (Lipinski definition) is 1. The van der Waals surface area contributed by atoms with Gasteiger partial charge in [0.2, 0.25) is 5.88 Å². The van der Waals surface area contributed by atoms with E-state index in [4.69, 9.17) is 9.47 Å². The lowest BCUT2D eigenvalue weighted by Gasteiger charge is -2.41. The van der Waals surface area contributed by atoms with Crippen LogP contribution in [0.25, 0.3) is 21.3 Å². The van der Waals surface area contributed by atoms with Gasteiger partial charge in [0.05, 0.1) is 18.7 Å². The first-order valence-electron chi connectivity index (χ1n) is 8.83. The molecule has 5 nitrogen and oxygen atoms in total. The Morgan fingerprint density at radius 3 is 2.70 bits per heavy atom. The van der Waals surface area contributed by atoms with Crippen LogP contribution < -0.4 is 10.1 Å². The van der Waals surface area contributed by atoms with Gasteiger partial charge in [-0.25, -0.2) is 18.7 Å². The first-order chi connectivity index (χ1) is 13.2. The molecule has 0 radical (unpaired) electrons. The molecule has 0 spiro atoms. The molecular formula is C19H17F2N3O2S. The normalized spacial score (nSPS) is 24.9. The predicted octanol–water partition coefficient (Wildman–Crippen LogP) is 3.25. The zero-order chi connectivity index (χ0) is 18.4. The van der Waals surface area contributed by atoms with Crippen LogP contribution in [0.5, 0.6) is 5.88 Å². The highest BCUT2D eigenvalue weighted by molar-refractivity contribution is 7.18. The Morgan fingerprint density at radius 2 is 1.93 bits per heavy atom. The van der Waals surface area contributed by atoms with Gasteiger partial charge in [-0.05, 0) is 12.1 Å². The van der Waals surface area contributed by atoms with E-state index in [1.54, 1.807) is 0 Å². The van der Waals surface area contributed by atoms with E-state index in [9.17, 15) is 8.78 Å². The Labute approximate surface area is 158 Å². The van der Waals surface area contributed by atoms with Crippen LogP contribution in [-0.2, 0) is 4.74 Å². The molecule has 27 heavy (non-hydrogen) atoms. The molecular weight excluding hydrogens is 372 g/mol. The number of ether oxygens (including phenoxy) is 2. The molecule has 140 valence electrons. The summed E-state index contributed by atoms with van der Waals surface area (Å²) in [4.78, 5) is 8.66. The van der Waals surface area contributed by atoms with Crippen molar-refractivity contribution in [3.8, 4) is 17.0 Å². The summed E-state index contributed by atoms with van der Waals surface area (Å²) in [5.74, 6) is -0.148. The highest BCUT2D eigenvalue weighted by Gasteiger charge is 2.39. The summed E-state index contributed by atoms with van der Waals surface area (Å²) in [5.41, 5.74) is 1.55. The van der Waals surface area contributed by atoms with E-state index in [0.717, 1.165) is 23.9 Å². The second-order valence-corrected chi connectivity index (χ2v) is 7.81. The molecule has 2 unspecified atom stereocenters. The van der Waals surface area contributed by atoms with Crippen molar-refractivity contribution >= 4 is 21.6 Å². The molecule has 8 heteroatoms. The van der Waals surface area contributed by atoms with Crippen molar-refractivity contribution in [2.75, 3.05) is 26.3 Å². The maximum Gasteiger partial charge on any atom is 0.235 e. The van der Waals surface area contributed by atoms with Crippen LogP contribution in [0.4, 0.5) is 8.78 Å². The van der Waals surface area contributed by atoms with E-state index in [1.807, 2.05) is 5.38 Å². The zero-order valence-electron chi connectivity index (χ0n) is 14.3. The summed E-state index contributed by atoms with van der Waals surface area (Å²) in [6.45, 7) is 3.04. The lowest BCUT2D eigenvalue weighted by Crippen LogP contribution is -2.56. The van der Waals surface area contributed by atoms with Gasteiger partial charge in [0.25, 0.3) is 0 Å². The number of benzene rings is 1. The van der Waals surface area contributed by atoms with E-state index in [-0.39, 0.29) is 17.9 Å². The van der Waals surface area contributed by atoms with Crippen molar-refractivity contribution in [2.45, 2.75) is 6.10 Å². The van der Waals surface area contributed by atoms with Crippen LogP contribution in [0.3, 0.4) is 0 Å². The van der Waals surface area contributed by atoms with Gasteiger partial charge in [-0.1, -0.05) is 0 Å². The summed E-state index contributed by atoms with van der Waals surface area (Å²) in [5, 5.41) is 5.23. The Morgan fingerprint density at radius 1 is 1.11 bits per heavy atom. The molecule has 2 atom stereocenters.